The van der Waals surface area contributed by atoms with Gasteiger partial charge in [-0.15, -0.1) is 0 Å². The van der Waals surface area contributed by atoms with E-state index in [9.17, 15) is 24.5 Å². The molecule has 0 spiro atoms. The molecular formula is C20H25N10O9P. The molecule has 214 valence electrons. The van der Waals surface area contributed by atoms with E-state index in [0.717, 1.165) is 0 Å². The number of nitrogens with one attached hydrogen (secondary N) is 1. The minimum Gasteiger partial charge on any atom is -0.394 e. The zero-order valence-corrected chi connectivity index (χ0v) is 21.4. The molecule has 0 aromatic carbocycles. The second-order valence-electron chi connectivity index (χ2n) is 9.25. The number of nitrogens with two attached hydrogens (primary N) is 2. The fourth-order valence-corrected chi connectivity index (χ4v) is 5.75. The van der Waals surface area contributed by atoms with Crippen LogP contribution in [0, 0.1) is 0 Å². The summed E-state index contributed by atoms with van der Waals surface area (Å²) >= 11 is 0. The number of ether oxygens (including phenoxy) is 2. The Morgan fingerprint density at radius 3 is 2.52 bits per heavy atom. The van der Waals surface area contributed by atoms with E-state index < -0.39 is 63.5 Å². The van der Waals surface area contributed by atoms with E-state index >= 15 is 0 Å². The molecular weight excluding hydrogens is 555 g/mol. The predicted molar refractivity (Wildman–Crippen MR) is 133 cm³/mol. The van der Waals surface area contributed by atoms with Crippen molar-refractivity contribution in [3.8, 4) is 0 Å². The molecule has 0 saturated carbocycles. The molecule has 7 atom stereocenters. The highest BCUT2D eigenvalue weighted by atomic mass is 31.2. The Morgan fingerprint density at radius 1 is 1.05 bits per heavy atom. The first kappa shape index (κ1) is 26.7. The molecule has 0 bridgehead atoms. The van der Waals surface area contributed by atoms with E-state index in [0.29, 0.717) is 11.2 Å². The largest absolute Gasteiger partial charge is 0.472 e. The van der Waals surface area contributed by atoms with Crippen molar-refractivity contribution in [1.82, 2.24) is 39.0 Å². The third-order valence-corrected chi connectivity index (χ3v) is 7.71. The van der Waals surface area contributed by atoms with Gasteiger partial charge in [0.25, 0.3) is 5.56 Å². The highest BCUT2D eigenvalue weighted by Gasteiger charge is 2.43. The number of H-pyrrole nitrogens is 1. The van der Waals surface area contributed by atoms with Gasteiger partial charge in [0, 0.05) is 12.8 Å². The molecule has 4 aromatic rings. The summed E-state index contributed by atoms with van der Waals surface area (Å²) in [5.74, 6) is 0.0596. The summed E-state index contributed by atoms with van der Waals surface area (Å²) in [4.78, 5) is 45.1. The number of fused-ring (bicyclic) bond motifs is 2. The lowest BCUT2D eigenvalue weighted by Gasteiger charge is -2.21. The minimum absolute atomic E-state index is 0.0374. The number of imidazole rings is 2. The quantitative estimate of drug-likeness (QED) is 0.130. The fourth-order valence-electron chi connectivity index (χ4n) is 4.79. The predicted octanol–water partition coefficient (Wildman–Crippen LogP) is -1.45. The second kappa shape index (κ2) is 10.1. The smallest absolute Gasteiger partial charge is 0.394 e. The van der Waals surface area contributed by atoms with E-state index in [1.165, 1.54) is 23.5 Å². The highest BCUT2D eigenvalue weighted by molar-refractivity contribution is 7.47. The lowest BCUT2D eigenvalue weighted by atomic mass is 10.2. The third kappa shape index (κ3) is 4.82. The first-order valence-electron chi connectivity index (χ1n) is 12.0. The number of aliphatic hydroxyl groups excluding tert-OH is 2. The number of nitrogens with zero attached hydrogens (tertiary/aromatic N) is 7. The number of aliphatic hydroxyl groups is 2. The van der Waals surface area contributed by atoms with Gasteiger partial charge in [0.05, 0.1) is 32.0 Å². The molecule has 0 radical (unpaired) electrons. The van der Waals surface area contributed by atoms with Gasteiger partial charge in [-0.2, -0.15) is 4.98 Å². The summed E-state index contributed by atoms with van der Waals surface area (Å²) in [6, 6.07) is 0. The summed E-state index contributed by atoms with van der Waals surface area (Å²) in [6.45, 7) is -1.01. The van der Waals surface area contributed by atoms with Gasteiger partial charge in [-0.05, 0) is 0 Å². The van der Waals surface area contributed by atoms with Crippen molar-refractivity contribution in [3.63, 3.8) is 0 Å². The number of phosphoric acid groups is 1. The summed E-state index contributed by atoms with van der Waals surface area (Å²) in [7, 11) is -4.71. The van der Waals surface area contributed by atoms with Crippen LogP contribution in [0.25, 0.3) is 22.3 Å². The van der Waals surface area contributed by atoms with E-state index in [1.807, 2.05) is 0 Å². The minimum atomic E-state index is -4.71. The third-order valence-electron chi connectivity index (χ3n) is 6.69. The molecule has 4 aromatic heterocycles. The van der Waals surface area contributed by atoms with Gasteiger partial charge in [0.15, 0.2) is 22.6 Å². The Kier molecular flexibility index (Phi) is 6.75. The van der Waals surface area contributed by atoms with Crippen LogP contribution in [0.1, 0.15) is 25.3 Å². The van der Waals surface area contributed by atoms with Crippen molar-refractivity contribution >= 4 is 41.9 Å². The average Bonchev–Trinajstić information content (AvgIpc) is 3.67. The SMILES string of the molecule is Nc1nc2c(ncn2[C@H]2C[C@H](O)[C@@H](COP(=O)(O)O[C@H]3C[C@H](n4cnc5c(N)ncnc54)O[C@@H]3CO)O2)c(=O)[nH]1. The first-order valence-corrected chi connectivity index (χ1v) is 13.5. The van der Waals surface area contributed by atoms with Gasteiger partial charge in [0.2, 0.25) is 5.95 Å². The molecule has 0 aliphatic carbocycles. The number of aromatic amines is 1. The Labute approximate surface area is 223 Å². The number of phosphoric ester groups is 1. The second-order valence-corrected chi connectivity index (χ2v) is 10.7. The first-order chi connectivity index (χ1) is 19.1. The Bertz CT molecular complexity index is 1660. The lowest BCUT2D eigenvalue weighted by Crippen LogP contribution is -2.29. The lowest BCUT2D eigenvalue weighted by molar-refractivity contribution is -0.0554. The maximum Gasteiger partial charge on any atom is 0.472 e. The summed E-state index contributed by atoms with van der Waals surface area (Å²) in [5.41, 5.74) is 11.9. The van der Waals surface area contributed by atoms with Gasteiger partial charge in [-0.1, -0.05) is 0 Å². The zero-order chi connectivity index (χ0) is 28.2. The van der Waals surface area contributed by atoms with Crippen molar-refractivity contribution < 1.29 is 38.2 Å². The number of rotatable bonds is 8. The molecule has 2 aliphatic rings. The molecule has 6 heterocycles. The standard InChI is InChI=1S/C20H25N10O9P/c21-16-14-17(24-5-23-16)29(6-25-14)13-2-9(10(3-31)37-13)39-40(34,35)36-4-11-8(32)1-12(38-11)30-7-26-15-18(30)27-20(22)28-19(15)33/h5-13,31-32H,1-4H2,(H,34,35)(H2,21,23,24)(H3,22,27,28,33)/t8-,9-,10+,11+,12+,13+/m0/s1. The van der Waals surface area contributed by atoms with Crippen molar-refractivity contribution in [1.29, 1.82) is 0 Å². The molecule has 40 heavy (non-hydrogen) atoms. The van der Waals surface area contributed by atoms with Crippen LogP contribution in [-0.4, -0.2) is 91.8 Å². The van der Waals surface area contributed by atoms with Crippen LogP contribution in [0.15, 0.2) is 23.8 Å². The Morgan fingerprint density at radius 2 is 1.75 bits per heavy atom. The molecule has 1 unspecified atom stereocenters. The monoisotopic (exact) mass is 580 g/mol. The summed E-state index contributed by atoms with van der Waals surface area (Å²) in [5, 5.41) is 20.3. The van der Waals surface area contributed by atoms with Crippen molar-refractivity contribution in [2.24, 2.45) is 0 Å². The van der Waals surface area contributed by atoms with Gasteiger partial charge in [-0.3, -0.25) is 28.0 Å². The Hall–Kier alpha value is -3.55. The Balaban J connectivity index is 1.10. The number of aromatic nitrogens is 8. The van der Waals surface area contributed by atoms with Crippen LogP contribution in [0.4, 0.5) is 11.8 Å². The van der Waals surface area contributed by atoms with Crippen LogP contribution in [-0.2, 0) is 23.1 Å². The van der Waals surface area contributed by atoms with Crippen LogP contribution in [0.2, 0.25) is 0 Å². The van der Waals surface area contributed by atoms with Crippen LogP contribution < -0.4 is 17.0 Å². The van der Waals surface area contributed by atoms with E-state index in [1.54, 1.807) is 4.57 Å². The normalized spacial score (nSPS) is 28.5. The van der Waals surface area contributed by atoms with Crippen LogP contribution in [0.3, 0.4) is 0 Å². The molecule has 0 amide bonds. The van der Waals surface area contributed by atoms with Crippen molar-refractivity contribution in [2.45, 2.75) is 49.7 Å². The average molecular weight is 580 g/mol. The van der Waals surface area contributed by atoms with Gasteiger partial charge in [-0.25, -0.2) is 24.5 Å². The number of hydrogen-bond acceptors (Lipinski definition) is 15. The molecule has 19 nitrogen and oxygen atoms in total. The zero-order valence-electron chi connectivity index (χ0n) is 20.5. The van der Waals surface area contributed by atoms with Gasteiger partial charge >= 0.3 is 7.82 Å². The van der Waals surface area contributed by atoms with Gasteiger partial charge < -0.3 is 36.0 Å². The van der Waals surface area contributed by atoms with E-state index in [4.69, 9.17) is 30.0 Å². The van der Waals surface area contributed by atoms with E-state index in [2.05, 4.69) is 29.9 Å². The molecule has 2 saturated heterocycles. The maximum absolute atomic E-state index is 12.8. The fraction of sp³-hybridized carbons (Fsp3) is 0.500. The molecule has 8 N–H and O–H groups in total. The highest BCUT2D eigenvalue weighted by Crippen LogP contribution is 2.49. The summed E-state index contributed by atoms with van der Waals surface area (Å²) in [6.07, 6.45) is -1.49. The van der Waals surface area contributed by atoms with Crippen molar-refractivity contribution in [2.75, 3.05) is 24.7 Å². The number of anilines is 2. The molecule has 6 rings (SSSR count). The topological polar surface area (TPSA) is 274 Å². The number of nitrogen functional groups attached to an aromatic ring is 2. The molecule has 20 heteroatoms. The molecule has 2 fully saturated rings. The van der Waals surface area contributed by atoms with Crippen LogP contribution >= 0.6 is 7.82 Å². The van der Waals surface area contributed by atoms with Crippen LogP contribution in [0.5, 0.6) is 0 Å². The van der Waals surface area contributed by atoms with E-state index in [-0.39, 0.29) is 35.8 Å². The summed E-state index contributed by atoms with van der Waals surface area (Å²) < 4.78 is 37.9. The van der Waals surface area contributed by atoms with Gasteiger partial charge in [0.1, 0.15) is 42.6 Å². The number of hydrogen-bond donors (Lipinski definition) is 6. The molecule has 2 aliphatic heterocycles. The van der Waals surface area contributed by atoms with Crippen molar-refractivity contribution in [3.05, 3.63) is 29.3 Å². The maximum atomic E-state index is 12.8.